The number of aromatic nitrogens is 2. The Bertz CT molecular complexity index is 838. The molecule has 1 fully saturated rings. The van der Waals surface area contributed by atoms with Crippen molar-refractivity contribution in [3.8, 4) is 11.3 Å². The van der Waals surface area contributed by atoms with Crippen LogP contribution in [0.15, 0.2) is 48.7 Å². The first-order chi connectivity index (χ1) is 12.3. The Morgan fingerprint density at radius 3 is 2.60 bits per heavy atom. The number of fused-ring (bicyclic) bond motifs is 1. The smallest absolute Gasteiger partial charge is 0.137 e. The number of imidazole rings is 1. The van der Waals surface area contributed by atoms with Crippen LogP contribution in [0.4, 0.5) is 0 Å². The molecule has 1 aliphatic heterocycles. The van der Waals surface area contributed by atoms with Crippen LogP contribution in [-0.4, -0.2) is 52.2 Å². The molecule has 0 spiro atoms. The maximum atomic E-state index is 9.27. The fourth-order valence-electron chi connectivity index (χ4n) is 3.47. The first kappa shape index (κ1) is 16.3. The first-order valence-electron chi connectivity index (χ1n) is 8.94. The first-order valence-corrected chi connectivity index (χ1v) is 8.94. The Morgan fingerprint density at radius 2 is 1.84 bits per heavy atom. The zero-order valence-electron chi connectivity index (χ0n) is 14.4. The van der Waals surface area contributed by atoms with Gasteiger partial charge in [0.1, 0.15) is 5.65 Å². The molecule has 0 atom stereocenters. The van der Waals surface area contributed by atoms with Gasteiger partial charge in [0.05, 0.1) is 11.4 Å². The molecule has 1 aliphatic rings. The topological polar surface area (TPSA) is 52.8 Å². The molecular weight excluding hydrogens is 312 g/mol. The van der Waals surface area contributed by atoms with Gasteiger partial charge in [0, 0.05) is 51.1 Å². The number of benzene rings is 1. The number of aliphatic hydroxyl groups excluding tert-OH is 1. The number of hydrogen-bond donors (Lipinski definition) is 2. The summed E-state index contributed by atoms with van der Waals surface area (Å²) in [6.07, 6.45) is 2.80. The van der Waals surface area contributed by atoms with E-state index in [4.69, 9.17) is 4.98 Å². The molecule has 0 saturated carbocycles. The van der Waals surface area contributed by atoms with Crippen molar-refractivity contribution < 1.29 is 5.11 Å². The lowest BCUT2D eigenvalue weighted by atomic mass is 10.1. The molecule has 130 valence electrons. The highest BCUT2D eigenvalue weighted by Crippen LogP contribution is 2.26. The highest BCUT2D eigenvalue weighted by atomic mass is 16.2. The van der Waals surface area contributed by atoms with E-state index in [0.29, 0.717) is 6.42 Å². The van der Waals surface area contributed by atoms with E-state index in [1.54, 1.807) is 0 Å². The van der Waals surface area contributed by atoms with E-state index >= 15 is 0 Å². The van der Waals surface area contributed by atoms with E-state index < -0.39 is 0 Å². The van der Waals surface area contributed by atoms with Crippen LogP contribution in [0.5, 0.6) is 0 Å². The second-order valence-corrected chi connectivity index (χ2v) is 6.54. The van der Waals surface area contributed by atoms with E-state index in [1.165, 1.54) is 5.69 Å². The third-order valence-electron chi connectivity index (χ3n) is 4.81. The van der Waals surface area contributed by atoms with Crippen molar-refractivity contribution in [1.29, 1.82) is 0 Å². The third kappa shape index (κ3) is 3.44. The van der Waals surface area contributed by atoms with Crippen LogP contribution < -0.4 is 5.32 Å². The van der Waals surface area contributed by atoms with Gasteiger partial charge in [0.2, 0.25) is 0 Å². The number of pyridine rings is 1. The van der Waals surface area contributed by atoms with Crippen LogP contribution in [0.1, 0.15) is 11.3 Å². The minimum absolute atomic E-state index is 0.166. The molecule has 2 N–H and O–H groups in total. The second-order valence-electron chi connectivity index (χ2n) is 6.54. The van der Waals surface area contributed by atoms with Crippen molar-refractivity contribution >= 4 is 5.65 Å². The zero-order chi connectivity index (χ0) is 17.1. The van der Waals surface area contributed by atoms with Crippen molar-refractivity contribution in [3.05, 3.63) is 59.9 Å². The van der Waals surface area contributed by atoms with E-state index in [1.807, 2.05) is 6.07 Å². The zero-order valence-corrected chi connectivity index (χ0v) is 14.4. The largest absolute Gasteiger partial charge is 0.396 e. The molecule has 2 aromatic heterocycles. The average Bonchev–Trinajstić information content (AvgIpc) is 3.02. The number of nitrogens with zero attached hydrogens (tertiary/aromatic N) is 3. The van der Waals surface area contributed by atoms with E-state index in [-0.39, 0.29) is 6.61 Å². The predicted octanol–water partition coefficient (Wildman–Crippen LogP) is 1.94. The molecule has 0 radical (unpaired) electrons. The van der Waals surface area contributed by atoms with Crippen LogP contribution in [-0.2, 0) is 13.0 Å². The molecule has 1 saturated heterocycles. The van der Waals surface area contributed by atoms with E-state index in [9.17, 15) is 5.11 Å². The number of piperazine rings is 1. The standard InChI is InChI=1S/C20H24N4O/c25-13-8-16-6-7-19-22-20(17-4-2-1-3-5-17)18(24(19)14-16)15-23-11-9-21-10-12-23/h1-7,14,21,25H,8-13,15H2. The average molecular weight is 336 g/mol. The molecule has 0 amide bonds. The van der Waals surface area contributed by atoms with Gasteiger partial charge in [0.25, 0.3) is 0 Å². The highest BCUT2D eigenvalue weighted by Gasteiger charge is 2.18. The Kier molecular flexibility index (Phi) is 4.78. The summed E-state index contributed by atoms with van der Waals surface area (Å²) in [6, 6.07) is 14.5. The monoisotopic (exact) mass is 336 g/mol. The van der Waals surface area contributed by atoms with Crippen molar-refractivity contribution in [1.82, 2.24) is 19.6 Å². The summed E-state index contributed by atoms with van der Waals surface area (Å²) >= 11 is 0. The van der Waals surface area contributed by atoms with Crippen molar-refractivity contribution in [2.24, 2.45) is 0 Å². The summed E-state index contributed by atoms with van der Waals surface area (Å²) in [6.45, 7) is 5.23. The van der Waals surface area contributed by atoms with Crippen LogP contribution in [0, 0.1) is 0 Å². The van der Waals surface area contributed by atoms with Gasteiger partial charge in [-0.25, -0.2) is 4.98 Å². The summed E-state index contributed by atoms with van der Waals surface area (Å²) in [4.78, 5) is 7.39. The molecule has 3 aromatic rings. The molecule has 0 bridgehead atoms. The number of aliphatic hydroxyl groups is 1. The molecule has 5 heteroatoms. The van der Waals surface area contributed by atoms with Gasteiger partial charge in [-0.1, -0.05) is 36.4 Å². The van der Waals surface area contributed by atoms with E-state index in [2.05, 4.69) is 57.2 Å². The summed E-state index contributed by atoms with van der Waals surface area (Å²) < 4.78 is 2.20. The maximum Gasteiger partial charge on any atom is 0.137 e. The van der Waals surface area contributed by atoms with Crippen LogP contribution >= 0.6 is 0 Å². The Balaban J connectivity index is 1.80. The lowest BCUT2D eigenvalue weighted by molar-refractivity contribution is 0.230. The molecule has 0 unspecified atom stereocenters. The molecule has 3 heterocycles. The van der Waals surface area contributed by atoms with Crippen molar-refractivity contribution in [3.63, 3.8) is 0 Å². The molecule has 4 rings (SSSR count). The number of rotatable bonds is 5. The van der Waals surface area contributed by atoms with Crippen LogP contribution in [0.2, 0.25) is 0 Å². The molecule has 0 aliphatic carbocycles. The Labute approximate surface area is 147 Å². The summed E-state index contributed by atoms with van der Waals surface area (Å²) in [5.41, 5.74) is 5.53. The van der Waals surface area contributed by atoms with Gasteiger partial charge in [-0.15, -0.1) is 0 Å². The lowest BCUT2D eigenvalue weighted by Crippen LogP contribution is -2.43. The van der Waals surface area contributed by atoms with Crippen LogP contribution in [0.25, 0.3) is 16.9 Å². The normalized spacial score (nSPS) is 15.7. The molecular formula is C20H24N4O. The maximum absolute atomic E-state index is 9.27. The fraction of sp³-hybridized carbons (Fsp3) is 0.350. The highest BCUT2D eigenvalue weighted by molar-refractivity contribution is 5.66. The van der Waals surface area contributed by atoms with Crippen molar-refractivity contribution in [2.75, 3.05) is 32.8 Å². The van der Waals surface area contributed by atoms with Gasteiger partial charge in [0.15, 0.2) is 0 Å². The summed E-state index contributed by atoms with van der Waals surface area (Å²) in [5, 5.41) is 12.7. The van der Waals surface area contributed by atoms with Crippen molar-refractivity contribution in [2.45, 2.75) is 13.0 Å². The van der Waals surface area contributed by atoms with Gasteiger partial charge in [-0.2, -0.15) is 0 Å². The van der Waals surface area contributed by atoms with Gasteiger partial charge in [-0.3, -0.25) is 4.90 Å². The minimum atomic E-state index is 0.166. The molecule has 1 aromatic carbocycles. The number of nitrogens with one attached hydrogen (secondary N) is 1. The van der Waals surface area contributed by atoms with Gasteiger partial charge < -0.3 is 14.8 Å². The van der Waals surface area contributed by atoms with E-state index in [0.717, 1.165) is 55.2 Å². The molecule has 25 heavy (non-hydrogen) atoms. The molecule has 5 nitrogen and oxygen atoms in total. The minimum Gasteiger partial charge on any atom is -0.396 e. The fourth-order valence-corrected chi connectivity index (χ4v) is 3.47. The SMILES string of the molecule is OCCc1ccc2nc(-c3ccccc3)c(CN3CCNCC3)n2c1. The predicted molar refractivity (Wildman–Crippen MR) is 99.6 cm³/mol. The van der Waals surface area contributed by atoms with Crippen LogP contribution in [0.3, 0.4) is 0 Å². The third-order valence-corrected chi connectivity index (χ3v) is 4.81. The summed E-state index contributed by atoms with van der Waals surface area (Å²) in [7, 11) is 0. The van der Waals surface area contributed by atoms with Gasteiger partial charge >= 0.3 is 0 Å². The lowest BCUT2D eigenvalue weighted by Gasteiger charge is -2.27. The summed E-state index contributed by atoms with van der Waals surface area (Å²) in [5.74, 6) is 0. The van der Waals surface area contributed by atoms with Gasteiger partial charge in [-0.05, 0) is 18.1 Å². The Morgan fingerprint density at radius 1 is 1.04 bits per heavy atom. The second kappa shape index (κ2) is 7.35. The number of hydrogen-bond acceptors (Lipinski definition) is 4. The quantitative estimate of drug-likeness (QED) is 0.748. The Hall–Kier alpha value is -2.21.